The zero-order valence-electron chi connectivity index (χ0n) is 18.7. The largest absolute Gasteiger partial charge is 0.534 e. The molecule has 0 aliphatic carbocycles. The summed E-state index contributed by atoms with van der Waals surface area (Å²) in [6.07, 6.45) is 1.63. The Morgan fingerprint density at radius 1 is 1.00 bits per heavy atom. The molecule has 7 nitrogen and oxygen atoms in total. The molecule has 4 rings (SSSR count). The first-order valence-corrected chi connectivity index (χ1v) is 11.9. The van der Waals surface area contributed by atoms with Crippen molar-refractivity contribution in [2.45, 2.75) is 38.5 Å². The van der Waals surface area contributed by atoms with Crippen molar-refractivity contribution in [2.24, 2.45) is 0 Å². The van der Waals surface area contributed by atoms with Gasteiger partial charge < -0.3 is 13.8 Å². The first kappa shape index (κ1) is 24.1. The molecular weight excluding hydrogens is 473 g/mol. The predicted octanol–water partition coefficient (Wildman–Crippen LogP) is 4.14. The molecular formula is C23H23F3N2O5S. The first-order chi connectivity index (χ1) is 15.9. The lowest BCUT2D eigenvalue weighted by atomic mass is 10.1. The number of ether oxygens (including phenoxy) is 1. The molecule has 1 aromatic heterocycles. The molecule has 2 aromatic carbocycles. The van der Waals surface area contributed by atoms with Crippen molar-refractivity contribution in [3.05, 3.63) is 64.6 Å². The van der Waals surface area contributed by atoms with E-state index in [0.29, 0.717) is 11.3 Å². The SMILES string of the molecule is Cc1cn(-c2ccc(N3C[C@@H](C)O[C@@H](C)C3)cc2)c(=O)c2cccc(OS(=O)(=O)C(F)(F)F)c12. The fourth-order valence-corrected chi connectivity index (χ4v) is 4.67. The Kier molecular flexibility index (Phi) is 6.11. The van der Waals surface area contributed by atoms with Gasteiger partial charge in [0.25, 0.3) is 5.56 Å². The Bertz CT molecular complexity index is 1370. The third-order valence-electron chi connectivity index (χ3n) is 5.59. The maximum absolute atomic E-state index is 13.2. The summed E-state index contributed by atoms with van der Waals surface area (Å²) in [5, 5.41) is 0.0410. The van der Waals surface area contributed by atoms with Gasteiger partial charge in [-0.25, -0.2) is 0 Å². The van der Waals surface area contributed by atoms with E-state index in [9.17, 15) is 26.4 Å². The van der Waals surface area contributed by atoms with Gasteiger partial charge in [-0.2, -0.15) is 21.6 Å². The molecule has 1 saturated heterocycles. The van der Waals surface area contributed by atoms with Crippen LogP contribution in [0.1, 0.15) is 19.4 Å². The topological polar surface area (TPSA) is 77.8 Å². The molecule has 1 aliphatic heterocycles. The minimum atomic E-state index is -5.88. The number of fused-ring (bicyclic) bond motifs is 1. The van der Waals surface area contributed by atoms with Crippen LogP contribution in [0.2, 0.25) is 0 Å². The molecule has 1 fully saturated rings. The van der Waals surface area contributed by atoms with Gasteiger partial charge in [0.2, 0.25) is 0 Å². The Hall–Kier alpha value is -3.05. The van der Waals surface area contributed by atoms with Crippen LogP contribution in [0.25, 0.3) is 16.5 Å². The van der Waals surface area contributed by atoms with Crippen LogP contribution in [-0.4, -0.2) is 43.8 Å². The summed E-state index contributed by atoms with van der Waals surface area (Å²) in [6.45, 7) is 7.06. The molecule has 34 heavy (non-hydrogen) atoms. The standard InChI is InChI=1S/C23H23F3N2O5S/c1-14-11-28(18-9-7-17(8-10-18)27-12-15(2)32-16(3)13-27)22(29)19-5-4-6-20(21(14)19)33-34(30,31)23(24,25)26/h4-11,15-16H,12-13H2,1-3H3/t15-,16+. The van der Waals surface area contributed by atoms with E-state index in [4.69, 9.17) is 4.74 Å². The maximum atomic E-state index is 13.2. The molecule has 0 spiro atoms. The van der Waals surface area contributed by atoms with Gasteiger partial charge in [-0.05, 0) is 62.7 Å². The van der Waals surface area contributed by atoms with Crippen molar-refractivity contribution >= 4 is 26.6 Å². The zero-order chi connectivity index (χ0) is 24.8. The average Bonchev–Trinajstić information content (AvgIpc) is 2.74. The number of alkyl halides is 3. The molecule has 3 aromatic rings. The number of pyridine rings is 1. The second-order valence-electron chi connectivity index (χ2n) is 8.33. The monoisotopic (exact) mass is 496 g/mol. The highest BCUT2D eigenvalue weighted by atomic mass is 32.2. The van der Waals surface area contributed by atoms with Crippen molar-refractivity contribution in [1.82, 2.24) is 4.57 Å². The fourth-order valence-electron chi connectivity index (χ4n) is 4.20. The van der Waals surface area contributed by atoms with E-state index in [1.165, 1.54) is 22.9 Å². The number of hydrogen-bond donors (Lipinski definition) is 0. The molecule has 0 saturated carbocycles. The van der Waals surface area contributed by atoms with E-state index < -0.39 is 26.9 Å². The van der Waals surface area contributed by atoms with Crippen molar-refractivity contribution in [3.63, 3.8) is 0 Å². The Balaban J connectivity index is 1.73. The van der Waals surface area contributed by atoms with E-state index in [1.54, 1.807) is 19.1 Å². The van der Waals surface area contributed by atoms with Gasteiger partial charge in [0.15, 0.2) is 5.75 Å². The van der Waals surface area contributed by atoms with Gasteiger partial charge in [-0.1, -0.05) is 6.07 Å². The lowest BCUT2D eigenvalue weighted by Gasteiger charge is -2.36. The molecule has 2 atom stereocenters. The van der Waals surface area contributed by atoms with Gasteiger partial charge in [-0.15, -0.1) is 0 Å². The summed E-state index contributed by atoms with van der Waals surface area (Å²) in [4.78, 5) is 15.4. The van der Waals surface area contributed by atoms with Crippen LogP contribution in [0.15, 0.2) is 53.5 Å². The number of halogens is 3. The molecule has 182 valence electrons. The average molecular weight is 497 g/mol. The number of nitrogens with zero attached hydrogens (tertiary/aromatic N) is 2. The number of anilines is 1. The zero-order valence-corrected chi connectivity index (χ0v) is 19.5. The molecule has 1 aliphatic rings. The van der Waals surface area contributed by atoms with Crippen LogP contribution in [0.5, 0.6) is 5.75 Å². The van der Waals surface area contributed by atoms with Gasteiger partial charge in [0.1, 0.15) is 0 Å². The molecule has 11 heteroatoms. The normalized spacial score (nSPS) is 19.4. The molecule has 0 radical (unpaired) electrons. The van der Waals surface area contributed by atoms with Crippen LogP contribution in [-0.2, 0) is 14.9 Å². The highest BCUT2D eigenvalue weighted by Crippen LogP contribution is 2.33. The Labute approximate surface area is 194 Å². The fraction of sp³-hybridized carbons (Fsp3) is 0.348. The van der Waals surface area contributed by atoms with E-state index in [-0.39, 0.29) is 23.0 Å². The number of aryl methyl sites for hydroxylation is 1. The smallest absolute Gasteiger partial charge is 0.375 e. The van der Waals surface area contributed by atoms with Crippen LogP contribution in [0.4, 0.5) is 18.9 Å². The number of hydrogen-bond acceptors (Lipinski definition) is 6. The van der Waals surface area contributed by atoms with E-state index in [2.05, 4.69) is 9.08 Å². The van der Waals surface area contributed by atoms with Gasteiger partial charge in [-0.3, -0.25) is 9.36 Å². The van der Waals surface area contributed by atoms with Crippen LogP contribution in [0.3, 0.4) is 0 Å². The highest BCUT2D eigenvalue weighted by molar-refractivity contribution is 7.88. The predicted molar refractivity (Wildman–Crippen MR) is 122 cm³/mol. The van der Waals surface area contributed by atoms with Gasteiger partial charge >= 0.3 is 15.6 Å². The molecule has 0 unspecified atom stereocenters. The Morgan fingerprint density at radius 3 is 2.18 bits per heavy atom. The van der Waals surface area contributed by atoms with E-state index >= 15 is 0 Å². The number of rotatable bonds is 4. The van der Waals surface area contributed by atoms with Crippen molar-refractivity contribution < 1.29 is 30.5 Å². The third kappa shape index (κ3) is 4.49. The van der Waals surface area contributed by atoms with E-state index in [1.807, 2.05) is 26.0 Å². The summed E-state index contributed by atoms with van der Waals surface area (Å²) in [5.41, 5.74) is -4.19. The second-order valence-corrected chi connectivity index (χ2v) is 9.87. The van der Waals surface area contributed by atoms with E-state index in [0.717, 1.165) is 24.8 Å². The number of aromatic nitrogens is 1. The van der Waals surface area contributed by atoms with Crippen LogP contribution >= 0.6 is 0 Å². The summed E-state index contributed by atoms with van der Waals surface area (Å²) >= 11 is 0. The Morgan fingerprint density at radius 2 is 1.59 bits per heavy atom. The molecule has 0 N–H and O–H groups in total. The molecule has 2 heterocycles. The van der Waals surface area contributed by atoms with Crippen molar-refractivity contribution in [3.8, 4) is 11.4 Å². The summed E-state index contributed by atoms with van der Waals surface area (Å²) in [6, 6.07) is 11.1. The molecule has 0 amide bonds. The summed E-state index contributed by atoms with van der Waals surface area (Å²) in [5.74, 6) is -0.553. The van der Waals surface area contributed by atoms with Crippen LogP contribution in [0, 0.1) is 6.92 Å². The first-order valence-electron chi connectivity index (χ1n) is 10.5. The minimum Gasteiger partial charge on any atom is -0.375 e. The van der Waals surface area contributed by atoms with Gasteiger partial charge in [0.05, 0.1) is 17.6 Å². The summed E-state index contributed by atoms with van der Waals surface area (Å²) in [7, 11) is -5.88. The maximum Gasteiger partial charge on any atom is 0.534 e. The van der Waals surface area contributed by atoms with Gasteiger partial charge in [0, 0.05) is 36.0 Å². The van der Waals surface area contributed by atoms with Crippen LogP contribution < -0.4 is 14.6 Å². The van der Waals surface area contributed by atoms with Crippen molar-refractivity contribution in [1.29, 1.82) is 0 Å². The summed E-state index contributed by atoms with van der Waals surface area (Å²) < 4.78 is 72.9. The second kappa shape index (κ2) is 8.62. The highest BCUT2D eigenvalue weighted by Gasteiger charge is 2.48. The molecule has 0 bridgehead atoms. The van der Waals surface area contributed by atoms with Crippen molar-refractivity contribution in [2.75, 3.05) is 18.0 Å². The number of benzene rings is 2. The number of morpholine rings is 1. The lowest BCUT2D eigenvalue weighted by molar-refractivity contribution is -0.0499. The quantitative estimate of drug-likeness (QED) is 0.399. The minimum absolute atomic E-state index is 0.00415. The lowest BCUT2D eigenvalue weighted by Crippen LogP contribution is -2.45. The third-order valence-corrected chi connectivity index (χ3v) is 6.55.